The summed E-state index contributed by atoms with van der Waals surface area (Å²) in [4.78, 5) is 45.9. The Morgan fingerprint density at radius 3 is 2.12 bits per heavy atom. The topological polar surface area (TPSA) is 113 Å². The van der Waals surface area contributed by atoms with E-state index in [2.05, 4.69) is 9.97 Å². The molecule has 160 valence electrons. The molecular weight excluding hydrogens is 422 g/mol. The normalized spacial score (nSPS) is 11.4. The summed E-state index contributed by atoms with van der Waals surface area (Å²) >= 11 is 0. The maximum atomic E-state index is 13.4. The van der Waals surface area contributed by atoms with E-state index in [1.165, 1.54) is 23.1 Å². The van der Waals surface area contributed by atoms with Crippen LogP contribution in [-0.2, 0) is 0 Å². The van der Waals surface area contributed by atoms with Crippen LogP contribution in [0.1, 0.15) is 11.4 Å². The lowest BCUT2D eigenvalue weighted by Gasteiger charge is -2.13. The van der Waals surface area contributed by atoms with Crippen LogP contribution in [0.3, 0.4) is 0 Å². The molecule has 0 spiro atoms. The third-order valence-corrected chi connectivity index (χ3v) is 5.17. The maximum Gasteiger partial charge on any atom is 0.281 e. The number of nitro benzene ring substituents is 1. The molecule has 0 saturated heterocycles. The number of benzene rings is 3. The first-order valence-electron chi connectivity index (χ1n) is 9.94. The number of hydrogen-bond acceptors (Lipinski definition) is 6. The molecule has 2 aromatic heterocycles. The van der Waals surface area contributed by atoms with Crippen LogP contribution in [0.25, 0.3) is 34.0 Å². The third-order valence-electron chi connectivity index (χ3n) is 5.17. The summed E-state index contributed by atoms with van der Waals surface area (Å²) in [6.07, 6.45) is 4.54. The molecule has 0 unspecified atom stereocenters. The summed E-state index contributed by atoms with van der Waals surface area (Å²) < 4.78 is 2.31. The number of para-hydroxylation sites is 2. The van der Waals surface area contributed by atoms with Crippen LogP contribution in [0.5, 0.6) is 0 Å². The second kappa shape index (κ2) is 7.97. The van der Waals surface area contributed by atoms with E-state index in [4.69, 9.17) is 0 Å². The van der Waals surface area contributed by atoms with Crippen LogP contribution in [0.2, 0.25) is 0 Å². The van der Waals surface area contributed by atoms with Gasteiger partial charge in [0, 0.05) is 12.1 Å². The number of aromatic nitrogens is 4. The molecule has 0 atom stereocenters. The lowest BCUT2D eigenvalue weighted by atomic mass is 10.2. The molecule has 0 N–H and O–H groups in total. The van der Waals surface area contributed by atoms with Crippen LogP contribution in [0, 0.1) is 10.1 Å². The number of hydrogen-bond donors (Lipinski definition) is 0. The van der Waals surface area contributed by atoms with Gasteiger partial charge in [0.1, 0.15) is 6.33 Å². The van der Waals surface area contributed by atoms with Crippen molar-refractivity contribution in [3.8, 4) is 0 Å². The number of nitro groups is 1. The summed E-state index contributed by atoms with van der Waals surface area (Å²) in [7, 11) is 0. The van der Waals surface area contributed by atoms with Gasteiger partial charge in [0.2, 0.25) is 0 Å². The highest BCUT2D eigenvalue weighted by atomic mass is 16.6. The van der Waals surface area contributed by atoms with Crippen molar-refractivity contribution in [3.05, 3.63) is 121 Å². The molecule has 5 rings (SSSR count). The zero-order valence-electron chi connectivity index (χ0n) is 17.0. The van der Waals surface area contributed by atoms with Crippen molar-refractivity contribution < 1.29 is 4.92 Å². The van der Waals surface area contributed by atoms with Crippen LogP contribution in [0.15, 0.2) is 88.7 Å². The van der Waals surface area contributed by atoms with Gasteiger partial charge in [-0.2, -0.15) is 9.35 Å². The first-order valence-corrected chi connectivity index (χ1v) is 9.94. The molecule has 0 amide bonds. The van der Waals surface area contributed by atoms with Crippen molar-refractivity contribution in [2.24, 2.45) is 0 Å². The van der Waals surface area contributed by atoms with E-state index in [9.17, 15) is 19.7 Å². The minimum Gasteiger partial charge on any atom is -0.267 e. The van der Waals surface area contributed by atoms with Crippen molar-refractivity contribution >= 4 is 39.6 Å². The van der Waals surface area contributed by atoms with E-state index in [1.807, 2.05) is 0 Å². The fraction of sp³-hybridized carbons (Fsp3) is 0. The van der Waals surface area contributed by atoms with E-state index >= 15 is 0 Å². The standard InChI is InChI=1S/C24H15N5O4/c30-23-18-5-1-3-7-20(18)25-15-27(23)28-22(26-21-8-4-2-6-19(21)24(28)31)14-11-16-9-12-17(13-10-16)29(32)33/h1-15H/b14-11+. The summed E-state index contributed by atoms with van der Waals surface area (Å²) in [6, 6.07) is 19.7. The molecule has 9 nitrogen and oxygen atoms in total. The van der Waals surface area contributed by atoms with Crippen LogP contribution >= 0.6 is 0 Å². The maximum absolute atomic E-state index is 13.4. The predicted molar refractivity (Wildman–Crippen MR) is 125 cm³/mol. The van der Waals surface area contributed by atoms with Gasteiger partial charge < -0.3 is 0 Å². The van der Waals surface area contributed by atoms with Crippen molar-refractivity contribution in [1.82, 2.24) is 19.3 Å². The molecule has 0 radical (unpaired) electrons. The number of non-ortho nitro benzene ring substituents is 1. The molecule has 0 aliphatic rings. The third kappa shape index (κ3) is 3.57. The van der Waals surface area contributed by atoms with E-state index in [0.29, 0.717) is 27.4 Å². The zero-order chi connectivity index (χ0) is 22.9. The zero-order valence-corrected chi connectivity index (χ0v) is 17.0. The molecule has 0 saturated carbocycles. The van der Waals surface area contributed by atoms with Gasteiger partial charge in [0.05, 0.1) is 26.7 Å². The molecule has 2 heterocycles. The highest BCUT2D eigenvalue weighted by molar-refractivity contribution is 5.80. The summed E-state index contributed by atoms with van der Waals surface area (Å²) in [5, 5.41) is 11.6. The molecule has 3 aromatic carbocycles. The van der Waals surface area contributed by atoms with Crippen LogP contribution in [-0.4, -0.2) is 24.2 Å². The Balaban J connectivity index is 1.73. The second-order valence-electron chi connectivity index (χ2n) is 7.20. The fourth-order valence-electron chi connectivity index (χ4n) is 3.54. The quantitative estimate of drug-likeness (QED) is 0.314. The summed E-state index contributed by atoms with van der Waals surface area (Å²) in [6.45, 7) is 0. The SMILES string of the molecule is O=c1c2ccccc2ncn1-n1c(/C=C/c2ccc([N+](=O)[O-])cc2)nc2ccccc2c1=O. The number of fused-ring (bicyclic) bond motifs is 2. The molecular formula is C24H15N5O4. The molecule has 0 fully saturated rings. The Kier molecular flexibility index (Phi) is 4.83. The first kappa shape index (κ1) is 20.0. The lowest BCUT2D eigenvalue weighted by molar-refractivity contribution is -0.384. The summed E-state index contributed by atoms with van der Waals surface area (Å²) in [5.74, 6) is 0.205. The van der Waals surface area contributed by atoms with E-state index in [-0.39, 0.29) is 11.5 Å². The van der Waals surface area contributed by atoms with E-state index in [1.54, 1.807) is 72.8 Å². The number of nitrogens with zero attached hydrogens (tertiary/aromatic N) is 5. The molecule has 9 heteroatoms. The highest BCUT2D eigenvalue weighted by Gasteiger charge is 2.14. The Morgan fingerprint density at radius 1 is 0.788 bits per heavy atom. The van der Waals surface area contributed by atoms with Gasteiger partial charge >= 0.3 is 0 Å². The van der Waals surface area contributed by atoms with Crippen LogP contribution in [0.4, 0.5) is 5.69 Å². The van der Waals surface area contributed by atoms with Gasteiger partial charge in [-0.3, -0.25) is 19.7 Å². The molecule has 0 bridgehead atoms. The van der Waals surface area contributed by atoms with Crippen molar-refractivity contribution in [1.29, 1.82) is 0 Å². The lowest BCUT2D eigenvalue weighted by Crippen LogP contribution is -2.37. The van der Waals surface area contributed by atoms with Crippen molar-refractivity contribution in [3.63, 3.8) is 0 Å². The second-order valence-corrected chi connectivity index (χ2v) is 7.20. The Hall–Kier alpha value is -4.92. The Labute approximate surface area is 185 Å². The van der Waals surface area contributed by atoms with E-state index < -0.39 is 16.0 Å². The van der Waals surface area contributed by atoms with Crippen LogP contribution < -0.4 is 11.1 Å². The van der Waals surface area contributed by atoms with E-state index in [0.717, 1.165) is 4.68 Å². The van der Waals surface area contributed by atoms with Gasteiger partial charge in [-0.1, -0.05) is 30.3 Å². The predicted octanol–water partition coefficient (Wildman–Crippen LogP) is 3.50. The Morgan fingerprint density at radius 2 is 1.42 bits per heavy atom. The average Bonchev–Trinajstić information content (AvgIpc) is 2.84. The largest absolute Gasteiger partial charge is 0.281 e. The Bertz CT molecular complexity index is 1680. The van der Waals surface area contributed by atoms with Gasteiger partial charge in [-0.05, 0) is 48.0 Å². The molecule has 33 heavy (non-hydrogen) atoms. The van der Waals surface area contributed by atoms with Gasteiger partial charge in [-0.25, -0.2) is 9.97 Å². The van der Waals surface area contributed by atoms with Gasteiger partial charge in [0.25, 0.3) is 16.8 Å². The minimum atomic E-state index is -0.477. The fourth-order valence-corrected chi connectivity index (χ4v) is 3.54. The number of rotatable bonds is 4. The monoisotopic (exact) mass is 437 g/mol. The van der Waals surface area contributed by atoms with Gasteiger partial charge in [-0.15, -0.1) is 0 Å². The van der Waals surface area contributed by atoms with Crippen molar-refractivity contribution in [2.75, 3.05) is 0 Å². The van der Waals surface area contributed by atoms with Gasteiger partial charge in [0.15, 0.2) is 5.82 Å². The molecule has 0 aliphatic heterocycles. The first-order chi connectivity index (χ1) is 16.0. The van der Waals surface area contributed by atoms with Crippen molar-refractivity contribution in [2.45, 2.75) is 0 Å². The molecule has 5 aromatic rings. The molecule has 0 aliphatic carbocycles. The smallest absolute Gasteiger partial charge is 0.267 e. The minimum absolute atomic E-state index is 0.0262. The highest BCUT2D eigenvalue weighted by Crippen LogP contribution is 2.15. The summed E-state index contributed by atoms with van der Waals surface area (Å²) in [5.41, 5.74) is 0.792. The average molecular weight is 437 g/mol.